The van der Waals surface area contributed by atoms with Crippen molar-refractivity contribution in [3.8, 4) is 11.3 Å². The third-order valence-electron chi connectivity index (χ3n) is 3.06. The number of H-pyrrole nitrogens is 1. The number of rotatable bonds is 2. The van der Waals surface area contributed by atoms with Gasteiger partial charge >= 0.3 is 0 Å². The predicted octanol–water partition coefficient (Wildman–Crippen LogP) is 0.715. The Morgan fingerprint density at radius 3 is 3.22 bits per heavy atom. The average Bonchev–Trinajstić information content (AvgIpc) is 2.83. The molecule has 0 saturated carbocycles. The van der Waals surface area contributed by atoms with Crippen molar-refractivity contribution >= 4 is 5.91 Å². The molecule has 0 bridgehead atoms. The van der Waals surface area contributed by atoms with Gasteiger partial charge in [0, 0.05) is 18.4 Å². The number of amides is 1. The van der Waals surface area contributed by atoms with E-state index in [0.717, 1.165) is 35.4 Å². The first-order valence-corrected chi connectivity index (χ1v) is 5.96. The third kappa shape index (κ3) is 1.57. The van der Waals surface area contributed by atoms with E-state index < -0.39 is 0 Å². The molecule has 3 rings (SSSR count). The first-order chi connectivity index (χ1) is 8.81. The van der Waals surface area contributed by atoms with Crippen LogP contribution in [0.2, 0.25) is 0 Å². The molecule has 1 amide bonds. The van der Waals surface area contributed by atoms with Crippen LogP contribution in [0.25, 0.3) is 11.3 Å². The highest BCUT2D eigenvalue weighted by Gasteiger charge is 2.26. The summed E-state index contributed by atoms with van der Waals surface area (Å²) in [6.07, 6.45) is 5.02. The van der Waals surface area contributed by atoms with Gasteiger partial charge in [-0.15, -0.1) is 0 Å². The van der Waals surface area contributed by atoms with Gasteiger partial charge < -0.3 is 5.32 Å². The summed E-state index contributed by atoms with van der Waals surface area (Å²) in [5.74, 6) is -0.165. The van der Waals surface area contributed by atoms with E-state index in [1.54, 1.807) is 6.20 Å². The molecule has 1 aliphatic rings. The third-order valence-corrected chi connectivity index (χ3v) is 3.06. The van der Waals surface area contributed by atoms with Crippen LogP contribution in [0.1, 0.15) is 28.7 Å². The van der Waals surface area contributed by atoms with Crippen LogP contribution in [-0.4, -0.2) is 32.6 Å². The topological polar surface area (TPSA) is 83.6 Å². The molecule has 6 heteroatoms. The summed E-state index contributed by atoms with van der Waals surface area (Å²) in [5, 5.41) is 9.82. The molecule has 18 heavy (non-hydrogen) atoms. The Kier molecular flexibility index (Phi) is 2.55. The minimum atomic E-state index is -0.165. The van der Waals surface area contributed by atoms with Crippen LogP contribution in [0.15, 0.2) is 12.5 Å². The maximum atomic E-state index is 12.0. The smallest absolute Gasteiger partial charge is 0.272 e. The van der Waals surface area contributed by atoms with E-state index in [1.165, 1.54) is 6.33 Å². The van der Waals surface area contributed by atoms with Crippen LogP contribution >= 0.6 is 0 Å². The molecule has 1 aliphatic carbocycles. The van der Waals surface area contributed by atoms with Crippen LogP contribution in [-0.2, 0) is 12.8 Å². The highest BCUT2D eigenvalue weighted by molar-refractivity contribution is 5.99. The van der Waals surface area contributed by atoms with Gasteiger partial charge in [-0.1, -0.05) is 0 Å². The molecule has 6 nitrogen and oxygen atoms in total. The fraction of sp³-hybridized carbons (Fsp3) is 0.333. The minimum absolute atomic E-state index is 0.165. The van der Waals surface area contributed by atoms with Gasteiger partial charge in [-0.05, 0) is 25.3 Å². The second-order valence-electron chi connectivity index (χ2n) is 4.18. The quantitative estimate of drug-likeness (QED) is 0.813. The van der Waals surface area contributed by atoms with Crippen LogP contribution in [0.3, 0.4) is 0 Å². The van der Waals surface area contributed by atoms with Crippen molar-refractivity contribution in [2.75, 3.05) is 6.54 Å². The van der Waals surface area contributed by atoms with E-state index in [-0.39, 0.29) is 5.91 Å². The number of aromatic nitrogens is 4. The SMILES string of the molecule is CCNC(=O)c1n[nH]c2c1-c1ncncc1CC2. The second-order valence-corrected chi connectivity index (χ2v) is 4.18. The average molecular weight is 243 g/mol. The van der Waals surface area contributed by atoms with Crippen molar-refractivity contribution in [2.24, 2.45) is 0 Å². The predicted molar refractivity (Wildman–Crippen MR) is 65.0 cm³/mol. The van der Waals surface area contributed by atoms with Gasteiger partial charge in [-0.25, -0.2) is 9.97 Å². The zero-order chi connectivity index (χ0) is 12.5. The maximum absolute atomic E-state index is 12.0. The Morgan fingerprint density at radius 1 is 1.50 bits per heavy atom. The van der Waals surface area contributed by atoms with E-state index in [0.29, 0.717) is 12.2 Å². The Balaban J connectivity index is 2.13. The largest absolute Gasteiger partial charge is 0.351 e. The van der Waals surface area contributed by atoms with Crippen LogP contribution < -0.4 is 5.32 Å². The molecular formula is C12H13N5O. The van der Waals surface area contributed by atoms with Gasteiger partial charge in [0.05, 0.1) is 11.3 Å². The Bertz CT molecular complexity index is 604. The fourth-order valence-corrected chi connectivity index (χ4v) is 2.25. The number of fused-ring (bicyclic) bond motifs is 3. The van der Waals surface area contributed by atoms with Crippen LogP contribution in [0, 0.1) is 0 Å². The lowest BCUT2D eigenvalue weighted by molar-refractivity contribution is 0.0951. The lowest BCUT2D eigenvalue weighted by Gasteiger charge is -2.14. The number of aryl methyl sites for hydroxylation is 2. The van der Waals surface area contributed by atoms with Gasteiger partial charge in [-0.2, -0.15) is 5.10 Å². The van der Waals surface area contributed by atoms with E-state index >= 15 is 0 Å². The van der Waals surface area contributed by atoms with Gasteiger partial charge in [0.15, 0.2) is 5.69 Å². The number of aromatic amines is 1. The number of nitrogens with one attached hydrogen (secondary N) is 2. The van der Waals surface area contributed by atoms with Gasteiger partial charge in [-0.3, -0.25) is 9.89 Å². The normalized spacial score (nSPS) is 12.7. The molecular weight excluding hydrogens is 230 g/mol. The van der Waals surface area contributed by atoms with Crippen molar-refractivity contribution in [1.29, 1.82) is 0 Å². The van der Waals surface area contributed by atoms with Crippen LogP contribution in [0.4, 0.5) is 0 Å². The molecule has 2 N–H and O–H groups in total. The van der Waals surface area contributed by atoms with E-state index in [9.17, 15) is 4.79 Å². The van der Waals surface area contributed by atoms with Crippen molar-refractivity contribution in [2.45, 2.75) is 19.8 Å². The monoisotopic (exact) mass is 243 g/mol. The number of carbonyl (C=O) groups excluding carboxylic acids is 1. The molecule has 0 saturated heterocycles. The van der Waals surface area contributed by atoms with Crippen molar-refractivity contribution in [3.63, 3.8) is 0 Å². The lowest BCUT2D eigenvalue weighted by Crippen LogP contribution is -2.24. The van der Waals surface area contributed by atoms with E-state index in [4.69, 9.17) is 0 Å². The lowest BCUT2D eigenvalue weighted by atomic mass is 9.93. The summed E-state index contributed by atoms with van der Waals surface area (Å²) in [6, 6.07) is 0. The van der Waals surface area contributed by atoms with Crippen LogP contribution in [0.5, 0.6) is 0 Å². The maximum Gasteiger partial charge on any atom is 0.272 e. The standard InChI is InChI=1S/C12H13N5O/c1-2-14-12(18)11-9-8(16-17-11)4-3-7-5-13-6-15-10(7)9/h5-6H,2-4H2,1H3,(H,14,18)(H,16,17). The summed E-state index contributed by atoms with van der Waals surface area (Å²) in [6.45, 7) is 2.46. The molecule has 0 spiro atoms. The highest BCUT2D eigenvalue weighted by Crippen LogP contribution is 2.32. The summed E-state index contributed by atoms with van der Waals surface area (Å²) in [5.41, 5.74) is 4.11. The van der Waals surface area contributed by atoms with E-state index in [2.05, 4.69) is 25.5 Å². The second kappa shape index (κ2) is 4.21. The Labute approximate surface area is 104 Å². The molecule has 0 aliphatic heterocycles. The molecule has 0 radical (unpaired) electrons. The zero-order valence-corrected chi connectivity index (χ0v) is 10.0. The first kappa shape index (κ1) is 10.9. The number of nitrogens with zero attached hydrogens (tertiary/aromatic N) is 3. The highest BCUT2D eigenvalue weighted by atomic mass is 16.1. The zero-order valence-electron chi connectivity index (χ0n) is 10.0. The molecule has 0 unspecified atom stereocenters. The van der Waals surface area contributed by atoms with E-state index in [1.807, 2.05) is 6.92 Å². The number of hydrogen-bond donors (Lipinski definition) is 2. The minimum Gasteiger partial charge on any atom is -0.351 e. The molecule has 2 aromatic rings. The fourth-order valence-electron chi connectivity index (χ4n) is 2.25. The molecule has 92 valence electrons. The number of hydrogen-bond acceptors (Lipinski definition) is 4. The summed E-state index contributed by atoms with van der Waals surface area (Å²) in [4.78, 5) is 20.3. The summed E-state index contributed by atoms with van der Waals surface area (Å²) in [7, 11) is 0. The summed E-state index contributed by atoms with van der Waals surface area (Å²) >= 11 is 0. The Hall–Kier alpha value is -2.24. The van der Waals surface area contributed by atoms with Crippen molar-refractivity contribution in [1.82, 2.24) is 25.5 Å². The van der Waals surface area contributed by atoms with Crippen molar-refractivity contribution < 1.29 is 4.79 Å². The molecule has 0 aromatic carbocycles. The molecule has 2 heterocycles. The molecule has 0 fully saturated rings. The van der Waals surface area contributed by atoms with Gasteiger partial charge in [0.1, 0.15) is 6.33 Å². The van der Waals surface area contributed by atoms with Crippen molar-refractivity contribution in [3.05, 3.63) is 29.5 Å². The first-order valence-electron chi connectivity index (χ1n) is 5.96. The molecule has 2 aromatic heterocycles. The Morgan fingerprint density at radius 2 is 2.39 bits per heavy atom. The molecule has 0 atom stereocenters. The van der Waals surface area contributed by atoms with Gasteiger partial charge in [0.25, 0.3) is 5.91 Å². The number of carbonyl (C=O) groups is 1. The summed E-state index contributed by atoms with van der Waals surface area (Å²) < 4.78 is 0. The van der Waals surface area contributed by atoms with Gasteiger partial charge in [0.2, 0.25) is 0 Å².